The fourth-order valence-electron chi connectivity index (χ4n) is 1.52. The Bertz CT molecular complexity index is 614. The van der Waals surface area contributed by atoms with E-state index in [1.54, 1.807) is 0 Å². The predicted molar refractivity (Wildman–Crippen MR) is 82.5 cm³/mol. The summed E-state index contributed by atoms with van der Waals surface area (Å²) in [6, 6.07) is 8.19. The van der Waals surface area contributed by atoms with E-state index < -0.39 is 0 Å². The van der Waals surface area contributed by atoms with Gasteiger partial charge in [0.15, 0.2) is 5.78 Å². The largest absolute Gasteiger partial charge is 0.389 e. The number of hydrogen-bond acceptors (Lipinski definition) is 4. The Morgan fingerprint density at radius 3 is 1.77 bits per heavy atom. The fraction of sp³-hybridized carbons (Fsp3) is 0.235. The first-order valence-electron chi connectivity index (χ1n) is 6.72. The molecule has 1 fully saturated rings. The summed E-state index contributed by atoms with van der Waals surface area (Å²) in [6.45, 7) is 1.000. The van der Waals surface area contributed by atoms with Gasteiger partial charge in [0.05, 0.1) is 0 Å². The molecule has 1 aliphatic carbocycles. The summed E-state index contributed by atoms with van der Waals surface area (Å²) >= 11 is 0. The van der Waals surface area contributed by atoms with Gasteiger partial charge in [-0.15, -0.1) is 0 Å². The minimum Gasteiger partial charge on any atom is -0.389 e. The topological polar surface area (TPSA) is 83.5 Å². The molecule has 0 atom stereocenters. The van der Waals surface area contributed by atoms with Crippen LogP contribution in [-0.2, 0) is 14.4 Å². The Morgan fingerprint density at radius 2 is 1.50 bits per heavy atom. The lowest BCUT2D eigenvalue weighted by Crippen LogP contribution is -2.18. The van der Waals surface area contributed by atoms with E-state index in [-0.39, 0.29) is 24.2 Å². The van der Waals surface area contributed by atoms with Crippen molar-refractivity contribution in [2.75, 3.05) is 6.61 Å². The van der Waals surface area contributed by atoms with Gasteiger partial charge < -0.3 is 5.11 Å². The van der Waals surface area contributed by atoms with Gasteiger partial charge in [-0.1, -0.05) is 35.7 Å². The normalized spacial score (nSPS) is 13.4. The molecule has 3 rings (SSSR count). The van der Waals surface area contributed by atoms with Gasteiger partial charge in [0, 0.05) is 12.8 Å². The van der Waals surface area contributed by atoms with E-state index in [0.29, 0.717) is 12.8 Å². The number of carbonyl (C=O) groups is 3. The minimum absolute atomic E-state index is 0.148. The van der Waals surface area contributed by atoms with Gasteiger partial charge >= 0.3 is 0 Å². The standard InChI is InChI=1S/C10H6.C4H5NO2.C3H6O2/c1-2-6-10-8-4-3-7-9(10)5-1;6-3-1-2-4(7)5-3;1-3(5)2-4/h1-2,5-8H;1-2H2,(H,5,6,7);4H,2H2,1H3. The van der Waals surface area contributed by atoms with E-state index >= 15 is 0 Å². The highest BCUT2D eigenvalue weighted by molar-refractivity contribution is 6.01. The van der Waals surface area contributed by atoms with E-state index in [0.717, 1.165) is 0 Å². The quantitative estimate of drug-likeness (QED) is 0.617. The van der Waals surface area contributed by atoms with Gasteiger partial charge in [-0.05, 0) is 30.2 Å². The summed E-state index contributed by atoms with van der Waals surface area (Å²) in [5.74, 6) is -0.486. The molecule has 1 saturated heterocycles. The maximum atomic E-state index is 10.1. The van der Waals surface area contributed by atoms with Crippen LogP contribution < -0.4 is 5.32 Å². The summed E-state index contributed by atoms with van der Waals surface area (Å²) in [5, 5.41) is 9.93. The zero-order valence-corrected chi connectivity index (χ0v) is 12.3. The van der Waals surface area contributed by atoms with Gasteiger partial charge in [0.1, 0.15) is 6.61 Å². The number of fused-ring (bicyclic) bond motifs is 1. The molecule has 1 aliphatic heterocycles. The van der Waals surface area contributed by atoms with Crippen LogP contribution in [0.15, 0.2) is 35.7 Å². The first kappa shape index (κ1) is 17.3. The molecular formula is C17H17NO4. The molecule has 2 aliphatic rings. The maximum absolute atomic E-state index is 10.1. The second-order valence-electron chi connectivity index (χ2n) is 4.54. The molecule has 114 valence electrons. The number of amides is 2. The summed E-state index contributed by atoms with van der Waals surface area (Å²) < 4.78 is 0. The fourth-order valence-corrected chi connectivity index (χ4v) is 1.52. The van der Waals surface area contributed by atoms with Crippen LogP contribution in [0.25, 0.3) is 12.2 Å². The molecule has 1 heterocycles. The second-order valence-corrected chi connectivity index (χ2v) is 4.54. The first-order chi connectivity index (χ1) is 10.5. The molecule has 0 bridgehead atoms. The number of nitrogens with one attached hydrogen (secondary N) is 1. The van der Waals surface area contributed by atoms with E-state index in [4.69, 9.17) is 5.11 Å². The number of benzene rings is 1. The lowest BCUT2D eigenvalue weighted by Gasteiger charge is -1.97. The Kier molecular flexibility index (Phi) is 7.31. The third kappa shape index (κ3) is 6.64. The monoisotopic (exact) mass is 299 g/mol. The average molecular weight is 299 g/mol. The van der Waals surface area contributed by atoms with Gasteiger partial charge in [-0.25, -0.2) is 0 Å². The Morgan fingerprint density at radius 1 is 1.09 bits per heavy atom. The SMILES string of the molecule is C1=C=Cc2ccccc2C=1.CC(=O)CO.O=C1CCC(=O)N1. The maximum Gasteiger partial charge on any atom is 0.227 e. The van der Waals surface area contributed by atoms with Crippen LogP contribution in [0.5, 0.6) is 0 Å². The van der Waals surface area contributed by atoms with Gasteiger partial charge in [-0.2, -0.15) is 0 Å². The third-order valence-corrected chi connectivity index (χ3v) is 2.62. The molecule has 0 saturated carbocycles. The van der Waals surface area contributed by atoms with Gasteiger partial charge in [0.25, 0.3) is 0 Å². The van der Waals surface area contributed by atoms with E-state index in [1.807, 2.05) is 24.3 Å². The van der Waals surface area contributed by atoms with Crippen molar-refractivity contribution in [1.82, 2.24) is 5.32 Å². The molecule has 0 radical (unpaired) electrons. The number of rotatable bonds is 1. The number of carbonyl (C=O) groups excluding carboxylic acids is 3. The van der Waals surface area contributed by atoms with Crippen LogP contribution in [0, 0.1) is 0 Å². The summed E-state index contributed by atoms with van der Waals surface area (Å²) in [6.07, 6.45) is 4.63. The molecule has 0 unspecified atom stereocenters. The highest BCUT2D eigenvalue weighted by atomic mass is 16.3. The number of aliphatic hydroxyl groups is 1. The highest BCUT2D eigenvalue weighted by Gasteiger charge is 2.15. The molecule has 2 N–H and O–H groups in total. The van der Waals surface area contributed by atoms with E-state index in [2.05, 4.69) is 28.9 Å². The molecule has 2 amide bonds. The summed E-state index contributed by atoms with van der Waals surface area (Å²) in [7, 11) is 0. The molecule has 0 spiro atoms. The number of hydrogen-bond donors (Lipinski definition) is 2. The van der Waals surface area contributed by atoms with Gasteiger partial charge in [-0.3, -0.25) is 19.7 Å². The van der Waals surface area contributed by atoms with Crippen molar-refractivity contribution < 1.29 is 19.5 Å². The van der Waals surface area contributed by atoms with Crippen LogP contribution in [0.1, 0.15) is 30.9 Å². The molecule has 22 heavy (non-hydrogen) atoms. The van der Waals surface area contributed by atoms with Crippen molar-refractivity contribution in [2.24, 2.45) is 0 Å². The highest BCUT2D eigenvalue weighted by Crippen LogP contribution is 2.13. The van der Waals surface area contributed by atoms with Crippen molar-refractivity contribution in [3.05, 3.63) is 46.9 Å². The Labute approximate surface area is 128 Å². The zero-order chi connectivity index (χ0) is 16.4. The van der Waals surface area contributed by atoms with Crippen LogP contribution in [0.4, 0.5) is 0 Å². The molecule has 1 aromatic carbocycles. The zero-order valence-electron chi connectivity index (χ0n) is 12.3. The van der Waals surface area contributed by atoms with Crippen LogP contribution in [0.3, 0.4) is 0 Å². The van der Waals surface area contributed by atoms with Crippen molar-refractivity contribution in [2.45, 2.75) is 19.8 Å². The van der Waals surface area contributed by atoms with Crippen LogP contribution in [-0.4, -0.2) is 29.3 Å². The summed E-state index contributed by atoms with van der Waals surface area (Å²) in [5.41, 5.74) is 8.27. The average Bonchev–Trinajstić information content (AvgIpc) is 2.92. The summed E-state index contributed by atoms with van der Waals surface area (Å²) in [4.78, 5) is 29.8. The molecule has 5 nitrogen and oxygen atoms in total. The number of aliphatic hydroxyl groups excluding tert-OH is 1. The van der Waals surface area contributed by atoms with Gasteiger partial charge in [0.2, 0.25) is 11.8 Å². The number of ketones is 1. The Balaban J connectivity index is 0.000000178. The van der Waals surface area contributed by atoms with Crippen molar-refractivity contribution >= 4 is 29.7 Å². The van der Waals surface area contributed by atoms with Crippen molar-refractivity contribution in [1.29, 1.82) is 0 Å². The Hall–Kier alpha value is -2.71. The molecule has 5 heteroatoms. The lowest BCUT2D eigenvalue weighted by molar-refractivity contribution is -0.125. The van der Waals surface area contributed by atoms with Crippen molar-refractivity contribution in [3.8, 4) is 0 Å². The first-order valence-corrected chi connectivity index (χ1v) is 6.72. The minimum atomic E-state index is -0.333. The van der Waals surface area contributed by atoms with Crippen LogP contribution >= 0.6 is 0 Å². The van der Waals surface area contributed by atoms with Crippen LogP contribution in [0.2, 0.25) is 0 Å². The number of imide groups is 1. The van der Waals surface area contributed by atoms with E-state index in [1.165, 1.54) is 18.1 Å². The lowest BCUT2D eigenvalue weighted by atomic mass is 10.1. The van der Waals surface area contributed by atoms with Crippen molar-refractivity contribution in [3.63, 3.8) is 0 Å². The second kappa shape index (κ2) is 9.27. The predicted octanol–water partition coefficient (Wildman–Crippen LogP) is 1.47. The molecule has 0 aromatic heterocycles. The smallest absolute Gasteiger partial charge is 0.227 e. The third-order valence-electron chi connectivity index (χ3n) is 2.62. The molecular weight excluding hydrogens is 282 g/mol. The number of Topliss-reactive ketones (excluding diaryl/α,β-unsaturated/α-hetero) is 1. The van der Waals surface area contributed by atoms with E-state index in [9.17, 15) is 14.4 Å². The molecule has 1 aromatic rings.